The molecular formula is C17H21F. The van der Waals surface area contributed by atoms with E-state index in [1.54, 1.807) is 0 Å². The molecule has 0 fully saturated rings. The summed E-state index contributed by atoms with van der Waals surface area (Å²) < 4.78 is 9.50. The summed E-state index contributed by atoms with van der Waals surface area (Å²) in [6.07, 6.45) is 0. The van der Waals surface area contributed by atoms with E-state index in [9.17, 15) is 4.39 Å². The van der Waals surface area contributed by atoms with Crippen LogP contribution in [0.4, 0.5) is 4.39 Å². The Kier molecular flexibility index (Phi) is 5.08. The molecule has 0 nitrogen and oxygen atoms in total. The topological polar surface area (TPSA) is 0 Å². The molecule has 0 aliphatic heterocycles. The van der Waals surface area contributed by atoms with Crippen LogP contribution >= 0.6 is 0 Å². The first-order chi connectivity index (χ1) is 8.57. The number of alkyl halides is 1. The first kappa shape index (κ1) is 14.4. The molecule has 0 saturated carbocycles. The lowest BCUT2D eigenvalue weighted by atomic mass is 9.86. The molecule has 0 aliphatic rings. The van der Waals surface area contributed by atoms with Crippen molar-refractivity contribution in [2.24, 2.45) is 0 Å². The van der Waals surface area contributed by atoms with Crippen LogP contribution in [-0.4, -0.2) is 7.18 Å². The Morgan fingerprint density at radius 1 is 0.667 bits per heavy atom. The minimum absolute atomic E-state index is 0.231. The zero-order valence-electron chi connectivity index (χ0n) is 11.6. The number of halogens is 1. The Hall–Kier alpha value is -1.63. The summed E-state index contributed by atoms with van der Waals surface area (Å²) in [4.78, 5) is 0. The number of rotatable bonds is 1. The molecule has 0 radical (unpaired) electrons. The standard InChI is InChI=1S/C16H18.CH3F/c1-16(2,3)15-11-9-14(10-12-15)13-7-5-4-6-8-13;1-2/h4-12H,1-3H3;1H3. The van der Waals surface area contributed by atoms with E-state index >= 15 is 0 Å². The van der Waals surface area contributed by atoms with Crippen LogP contribution in [0.5, 0.6) is 0 Å². The molecule has 0 N–H and O–H groups in total. The third-order valence-electron chi connectivity index (χ3n) is 2.86. The summed E-state index contributed by atoms with van der Waals surface area (Å²) >= 11 is 0. The molecule has 0 unspecified atom stereocenters. The summed E-state index contributed by atoms with van der Waals surface area (Å²) in [7, 11) is 0.500. The molecular weight excluding hydrogens is 223 g/mol. The van der Waals surface area contributed by atoms with Gasteiger partial charge in [0.1, 0.15) is 0 Å². The SMILES string of the molecule is CC(C)(C)c1ccc(-c2ccccc2)cc1.CF. The van der Waals surface area contributed by atoms with Gasteiger partial charge in [0.25, 0.3) is 0 Å². The summed E-state index contributed by atoms with van der Waals surface area (Å²) in [5.74, 6) is 0. The van der Waals surface area contributed by atoms with Crippen LogP contribution in [0, 0.1) is 0 Å². The highest BCUT2D eigenvalue weighted by Crippen LogP contribution is 2.25. The number of hydrogen-bond donors (Lipinski definition) is 0. The van der Waals surface area contributed by atoms with Gasteiger partial charge in [-0.05, 0) is 22.1 Å². The molecule has 0 heterocycles. The molecule has 2 rings (SSSR count). The molecule has 0 aromatic heterocycles. The Bertz CT molecular complexity index is 449. The van der Waals surface area contributed by atoms with Gasteiger partial charge in [-0.25, -0.2) is 0 Å². The third-order valence-corrected chi connectivity index (χ3v) is 2.86. The highest BCUT2D eigenvalue weighted by molar-refractivity contribution is 5.63. The predicted octanol–water partition coefficient (Wildman–Crippen LogP) is 5.24. The predicted molar refractivity (Wildman–Crippen MR) is 77.6 cm³/mol. The van der Waals surface area contributed by atoms with Crippen LogP contribution in [0.25, 0.3) is 11.1 Å². The van der Waals surface area contributed by atoms with Crippen molar-refractivity contribution in [2.45, 2.75) is 26.2 Å². The van der Waals surface area contributed by atoms with Gasteiger partial charge >= 0.3 is 0 Å². The van der Waals surface area contributed by atoms with Crippen LogP contribution < -0.4 is 0 Å². The Balaban J connectivity index is 0.000000771. The van der Waals surface area contributed by atoms with Crippen molar-refractivity contribution < 1.29 is 4.39 Å². The van der Waals surface area contributed by atoms with Crippen molar-refractivity contribution in [1.29, 1.82) is 0 Å². The van der Waals surface area contributed by atoms with Crippen molar-refractivity contribution >= 4 is 0 Å². The van der Waals surface area contributed by atoms with Gasteiger partial charge in [-0.3, -0.25) is 4.39 Å². The Morgan fingerprint density at radius 3 is 1.56 bits per heavy atom. The molecule has 0 saturated heterocycles. The fourth-order valence-corrected chi connectivity index (χ4v) is 1.79. The monoisotopic (exact) mass is 244 g/mol. The summed E-state index contributed by atoms with van der Waals surface area (Å²) in [6, 6.07) is 19.3. The van der Waals surface area contributed by atoms with Gasteiger partial charge in [-0.1, -0.05) is 75.4 Å². The van der Waals surface area contributed by atoms with Gasteiger partial charge in [0, 0.05) is 0 Å². The number of benzene rings is 2. The zero-order chi connectivity index (χ0) is 13.6. The minimum atomic E-state index is 0.231. The quantitative estimate of drug-likeness (QED) is 0.643. The van der Waals surface area contributed by atoms with Gasteiger partial charge in [0.2, 0.25) is 0 Å². The summed E-state index contributed by atoms with van der Waals surface area (Å²) in [6.45, 7) is 6.72. The maximum Gasteiger partial charge on any atom is 0.0785 e. The average Bonchev–Trinajstić information content (AvgIpc) is 2.41. The zero-order valence-corrected chi connectivity index (χ0v) is 11.6. The molecule has 0 atom stereocenters. The van der Waals surface area contributed by atoms with E-state index in [-0.39, 0.29) is 5.41 Å². The molecule has 2 aromatic carbocycles. The molecule has 2 aromatic rings. The largest absolute Gasteiger partial charge is 0.255 e. The normalized spacial score (nSPS) is 10.5. The van der Waals surface area contributed by atoms with E-state index in [0.717, 1.165) is 0 Å². The smallest absolute Gasteiger partial charge is 0.0785 e. The second-order valence-corrected chi connectivity index (χ2v) is 5.19. The van der Waals surface area contributed by atoms with E-state index in [1.807, 2.05) is 6.07 Å². The molecule has 96 valence electrons. The van der Waals surface area contributed by atoms with Gasteiger partial charge in [0.15, 0.2) is 0 Å². The minimum Gasteiger partial charge on any atom is -0.255 e. The summed E-state index contributed by atoms with van der Waals surface area (Å²) in [5.41, 5.74) is 4.18. The molecule has 0 spiro atoms. The maximum absolute atomic E-state index is 9.50. The van der Waals surface area contributed by atoms with Crippen LogP contribution in [-0.2, 0) is 5.41 Å². The number of hydrogen-bond acceptors (Lipinski definition) is 0. The second kappa shape index (κ2) is 6.34. The second-order valence-electron chi connectivity index (χ2n) is 5.19. The highest BCUT2D eigenvalue weighted by Gasteiger charge is 2.12. The lowest BCUT2D eigenvalue weighted by Gasteiger charge is -2.19. The fourth-order valence-electron chi connectivity index (χ4n) is 1.79. The maximum atomic E-state index is 9.50. The van der Waals surface area contributed by atoms with Crippen LogP contribution in [0.1, 0.15) is 26.3 Å². The van der Waals surface area contributed by atoms with Crippen LogP contribution in [0.2, 0.25) is 0 Å². The van der Waals surface area contributed by atoms with Crippen molar-refractivity contribution in [1.82, 2.24) is 0 Å². The molecule has 18 heavy (non-hydrogen) atoms. The van der Waals surface area contributed by atoms with Crippen molar-refractivity contribution in [3.8, 4) is 11.1 Å². The van der Waals surface area contributed by atoms with Gasteiger partial charge in [-0.15, -0.1) is 0 Å². The lowest BCUT2D eigenvalue weighted by Crippen LogP contribution is -2.10. The van der Waals surface area contributed by atoms with E-state index < -0.39 is 0 Å². The highest BCUT2D eigenvalue weighted by atomic mass is 19.1. The first-order valence-electron chi connectivity index (χ1n) is 6.11. The van der Waals surface area contributed by atoms with Crippen molar-refractivity contribution in [2.75, 3.05) is 7.18 Å². The third kappa shape index (κ3) is 3.69. The molecule has 0 amide bonds. The average molecular weight is 244 g/mol. The van der Waals surface area contributed by atoms with Gasteiger partial charge in [0.05, 0.1) is 7.18 Å². The Labute approximate surface area is 109 Å². The van der Waals surface area contributed by atoms with Gasteiger partial charge in [-0.2, -0.15) is 0 Å². The van der Waals surface area contributed by atoms with E-state index in [4.69, 9.17) is 0 Å². The van der Waals surface area contributed by atoms with Crippen molar-refractivity contribution in [3.63, 3.8) is 0 Å². The fraction of sp³-hybridized carbons (Fsp3) is 0.294. The van der Waals surface area contributed by atoms with Gasteiger partial charge < -0.3 is 0 Å². The lowest BCUT2D eigenvalue weighted by molar-refractivity contribution is 0.590. The van der Waals surface area contributed by atoms with E-state index in [2.05, 4.69) is 69.3 Å². The Morgan fingerprint density at radius 2 is 1.11 bits per heavy atom. The molecule has 1 heteroatoms. The molecule has 0 bridgehead atoms. The van der Waals surface area contributed by atoms with E-state index in [1.165, 1.54) is 16.7 Å². The van der Waals surface area contributed by atoms with Crippen molar-refractivity contribution in [3.05, 3.63) is 60.2 Å². The van der Waals surface area contributed by atoms with Crippen LogP contribution in [0.3, 0.4) is 0 Å². The molecule has 0 aliphatic carbocycles. The summed E-state index contributed by atoms with van der Waals surface area (Å²) in [5, 5.41) is 0. The van der Waals surface area contributed by atoms with Crippen LogP contribution in [0.15, 0.2) is 54.6 Å². The first-order valence-corrected chi connectivity index (χ1v) is 6.11. The van der Waals surface area contributed by atoms with E-state index in [0.29, 0.717) is 7.18 Å².